The molecule has 0 aromatic heterocycles. The predicted molar refractivity (Wildman–Crippen MR) is 61.8 cm³/mol. The van der Waals surface area contributed by atoms with Crippen LogP contribution in [0.5, 0.6) is 11.5 Å². The highest BCUT2D eigenvalue weighted by atomic mass is 16.5. The molecule has 1 saturated heterocycles. The third kappa shape index (κ3) is 2.47. The van der Waals surface area contributed by atoms with Gasteiger partial charge in [0.25, 0.3) is 0 Å². The monoisotopic (exact) mass is 222 g/mol. The van der Waals surface area contributed by atoms with E-state index < -0.39 is 0 Å². The smallest absolute Gasteiger partial charge is 0.122 e. The van der Waals surface area contributed by atoms with E-state index in [-0.39, 0.29) is 5.75 Å². The second kappa shape index (κ2) is 4.74. The molecule has 1 aromatic rings. The summed E-state index contributed by atoms with van der Waals surface area (Å²) in [6.07, 6.45) is 2.15. The molecule has 3 nitrogen and oxygen atoms in total. The number of aromatic hydroxyl groups is 1. The summed E-state index contributed by atoms with van der Waals surface area (Å²) in [6.45, 7) is 4.58. The zero-order chi connectivity index (χ0) is 11.4. The Bertz CT molecular complexity index is 339. The first-order chi connectivity index (χ1) is 7.74. The van der Waals surface area contributed by atoms with Crippen molar-refractivity contribution in [3.8, 4) is 11.5 Å². The van der Waals surface area contributed by atoms with Crippen molar-refractivity contribution in [3.63, 3.8) is 0 Å². The maximum atomic E-state index is 9.28. The Morgan fingerprint density at radius 3 is 2.81 bits per heavy atom. The number of benzene rings is 1. The first-order valence-electron chi connectivity index (χ1n) is 5.74. The van der Waals surface area contributed by atoms with E-state index in [0.29, 0.717) is 12.0 Å². The lowest BCUT2D eigenvalue weighted by Gasteiger charge is -2.40. The minimum Gasteiger partial charge on any atom is -0.508 e. The van der Waals surface area contributed by atoms with Crippen LogP contribution >= 0.6 is 0 Å². The number of hydrogen-bond acceptors (Lipinski definition) is 3. The molecule has 16 heavy (non-hydrogen) atoms. The molecule has 0 radical (unpaired) electrons. The Kier molecular flexibility index (Phi) is 3.34. The topological polar surface area (TPSA) is 38.7 Å². The molecule has 1 fully saturated rings. The first-order valence-corrected chi connectivity index (χ1v) is 5.74. The predicted octanol–water partition coefficient (Wildman–Crippen LogP) is 2.59. The SMILES string of the molecule is CCC1(CCOc2cccc(O)c2)COC1. The minimum atomic E-state index is 0.245. The molecule has 88 valence electrons. The second-order valence-electron chi connectivity index (χ2n) is 4.44. The molecule has 0 saturated carbocycles. The van der Waals surface area contributed by atoms with Crippen LogP contribution < -0.4 is 4.74 Å². The third-order valence-electron chi connectivity index (χ3n) is 3.29. The van der Waals surface area contributed by atoms with Crippen LogP contribution in [0.15, 0.2) is 24.3 Å². The molecule has 1 aliphatic rings. The summed E-state index contributed by atoms with van der Waals surface area (Å²) in [6, 6.07) is 6.92. The number of ether oxygens (including phenoxy) is 2. The van der Waals surface area contributed by atoms with Gasteiger partial charge in [-0.3, -0.25) is 0 Å². The van der Waals surface area contributed by atoms with E-state index in [1.807, 2.05) is 6.07 Å². The zero-order valence-electron chi connectivity index (χ0n) is 9.61. The van der Waals surface area contributed by atoms with Crippen molar-refractivity contribution in [1.29, 1.82) is 0 Å². The summed E-state index contributed by atoms with van der Waals surface area (Å²) >= 11 is 0. The molecule has 0 atom stereocenters. The van der Waals surface area contributed by atoms with E-state index in [2.05, 4.69) is 6.92 Å². The average molecular weight is 222 g/mol. The van der Waals surface area contributed by atoms with Crippen LogP contribution in [0.3, 0.4) is 0 Å². The van der Waals surface area contributed by atoms with Crippen molar-refractivity contribution in [2.75, 3.05) is 19.8 Å². The molecular weight excluding hydrogens is 204 g/mol. The molecule has 1 N–H and O–H groups in total. The van der Waals surface area contributed by atoms with Crippen molar-refractivity contribution in [1.82, 2.24) is 0 Å². The molecule has 0 bridgehead atoms. The first kappa shape index (κ1) is 11.3. The summed E-state index contributed by atoms with van der Waals surface area (Å²) in [5, 5.41) is 9.28. The Balaban J connectivity index is 1.79. The van der Waals surface area contributed by atoms with Gasteiger partial charge in [-0.25, -0.2) is 0 Å². The number of phenols is 1. The fourth-order valence-electron chi connectivity index (χ4n) is 1.87. The van der Waals surface area contributed by atoms with Gasteiger partial charge in [0, 0.05) is 11.5 Å². The standard InChI is InChI=1S/C13H18O3/c1-2-13(9-15-10-13)6-7-16-12-5-3-4-11(14)8-12/h3-5,8,14H,2,6-7,9-10H2,1H3. The van der Waals surface area contributed by atoms with Crippen LogP contribution in [0.25, 0.3) is 0 Å². The largest absolute Gasteiger partial charge is 0.508 e. The molecular formula is C13H18O3. The minimum absolute atomic E-state index is 0.245. The maximum absolute atomic E-state index is 9.28. The van der Waals surface area contributed by atoms with E-state index in [9.17, 15) is 5.11 Å². The van der Waals surface area contributed by atoms with Gasteiger partial charge in [0.05, 0.1) is 19.8 Å². The number of phenolic OH excluding ortho intramolecular Hbond substituents is 1. The van der Waals surface area contributed by atoms with Crippen molar-refractivity contribution < 1.29 is 14.6 Å². The van der Waals surface area contributed by atoms with E-state index in [4.69, 9.17) is 9.47 Å². The van der Waals surface area contributed by atoms with Gasteiger partial charge in [0.1, 0.15) is 11.5 Å². The lowest BCUT2D eigenvalue weighted by Crippen LogP contribution is -2.43. The fraction of sp³-hybridized carbons (Fsp3) is 0.538. The van der Waals surface area contributed by atoms with Gasteiger partial charge >= 0.3 is 0 Å². The van der Waals surface area contributed by atoms with Crippen LogP contribution in [-0.2, 0) is 4.74 Å². The second-order valence-corrected chi connectivity index (χ2v) is 4.44. The quantitative estimate of drug-likeness (QED) is 0.832. The highest BCUT2D eigenvalue weighted by Gasteiger charge is 2.36. The van der Waals surface area contributed by atoms with Crippen molar-refractivity contribution in [2.24, 2.45) is 5.41 Å². The van der Waals surface area contributed by atoms with Gasteiger partial charge in [-0.15, -0.1) is 0 Å². The third-order valence-corrected chi connectivity index (χ3v) is 3.29. The van der Waals surface area contributed by atoms with Gasteiger partial charge in [0.15, 0.2) is 0 Å². The van der Waals surface area contributed by atoms with Crippen LogP contribution in [0, 0.1) is 5.41 Å². The highest BCUT2D eigenvalue weighted by molar-refractivity contribution is 5.31. The van der Waals surface area contributed by atoms with Crippen molar-refractivity contribution >= 4 is 0 Å². The van der Waals surface area contributed by atoms with Crippen molar-refractivity contribution in [2.45, 2.75) is 19.8 Å². The number of rotatable bonds is 5. The summed E-state index contributed by atoms with van der Waals surface area (Å²) in [7, 11) is 0. The van der Waals surface area contributed by atoms with Crippen LogP contribution in [0.4, 0.5) is 0 Å². The van der Waals surface area contributed by atoms with Crippen molar-refractivity contribution in [3.05, 3.63) is 24.3 Å². The fourth-order valence-corrected chi connectivity index (χ4v) is 1.87. The molecule has 1 aromatic carbocycles. The lowest BCUT2D eigenvalue weighted by molar-refractivity contribution is -0.123. The molecule has 3 heteroatoms. The zero-order valence-corrected chi connectivity index (χ0v) is 9.61. The van der Waals surface area contributed by atoms with E-state index in [1.165, 1.54) is 0 Å². The summed E-state index contributed by atoms with van der Waals surface area (Å²) < 4.78 is 10.9. The van der Waals surface area contributed by atoms with Gasteiger partial charge in [-0.2, -0.15) is 0 Å². The molecule has 0 aliphatic carbocycles. The molecule has 1 heterocycles. The van der Waals surface area contributed by atoms with E-state index in [1.54, 1.807) is 18.2 Å². The van der Waals surface area contributed by atoms with Crippen LogP contribution in [0.1, 0.15) is 19.8 Å². The van der Waals surface area contributed by atoms with E-state index >= 15 is 0 Å². The number of hydrogen-bond donors (Lipinski definition) is 1. The van der Waals surface area contributed by atoms with Crippen LogP contribution in [0.2, 0.25) is 0 Å². The Morgan fingerprint density at radius 2 is 2.25 bits per heavy atom. The Labute approximate surface area is 96.0 Å². The molecule has 1 aliphatic heterocycles. The maximum Gasteiger partial charge on any atom is 0.122 e. The molecule has 0 unspecified atom stereocenters. The van der Waals surface area contributed by atoms with Gasteiger partial charge in [-0.1, -0.05) is 13.0 Å². The molecule has 0 amide bonds. The Hall–Kier alpha value is -1.22. The summed E-state index contributed by atoms with van der Waals surface area (Å²) in [5.41, 5.74) is 0.330. The highest BCUT2D eigenvalue weighted by Crippen LogP contribution is 2.34. The van der Waals surface area contributed by atoms with Gasteiger partial charge in [-0.05, 0) is 25.0 Å². The lowest BCUT2D eigenvalue weighted by atomic mass is 9.80. The van der Waals surface area contributed by atoms with Crippen LogP contribution in [-0.4, -0.2) is 24.9 Å². The molecule has 0 spiro atoms. The Morgan fingerprint density at radius 1 is 1.44 bits per heavy atom. The van der Waals surface area contributed by atoms with E-state index in [0.717, 1.165) is 31.8 Å². The summed E-state index contributed by atoms with van der Waals surface area (Å²) in [5.74, 6) is 0.973. The van der Waals surface area contributed by atoms with Gasteiger partial charge < -0.3 is 14.6 Å². The summed E-state index contributed by atoms with van der Waals surface area (Å²) in [4.78, 5) is 0. The average Bonchev–Trinajstić information content (AvgIpc) is 2.22. The molecule has 2 rings (SSSR count). The normalized spacial score (nSPS) is 17.8. The van der Waals surface area contributed by atoms with Gasteiger partial charge in [0.2, 0.25) is 0 Å².